The van der Waals surface area contributed by atoms with Gasteiger partial charge < -0.3 is 10.3 Å². The van der Waals surface area contributed by atoms with Crippen LogP contribution in [0.15, 0.2) is 24.4 Å². The molecule has 1 amide bonds. The molecule has 0 aliphatic heterocycles. The number of aromatic amines is 1. The lowest BCUT2D eigenvalue weighted by molar-refractivity contribution is -0.120. The van der Waals surface area contributed by atoms with Crippen LogP contribution in [-0.2, 0) is 11.2 Å². The highest BCUT2D eigenvalue weighted by molar-refractivity contribution is 6.02. The maximum atomic E-state index is 12.1. The van der Waals surface area contributed by atoms with Gasteiger partial charge in [0.1, 0.15) is 5.82 Å². The summed E-state index contributed by atoms with van der Waals surface area (Å²) in [5.41, 5.74) is 4.17. The van der Waals surface area contributed by atoms with Crippen LogP contribution in [0.25, 0.3) is 21.9 Å². The van der Waals surface area contributed by atoms with Crippen molar-refractivity contribution in [2.45, 2.75) is 38.0 Å². The minimum atomic E-state index is 0.0388. The molecule has 2 saturated carbocycles. The van der Waals surface area contributed by atoms with E-state index < -0.39 is 0 Å². The number of carbonyl (C=O) groups excluding carboxylic acids is 1. The van der Waals surface area contributed by atoms with E-state index in [9.17, 15) is 4.79 Å². The number of amides is 1. The van der Waals surface area contributed by atoms with Gasteiger partial charge in [-0.25, -0.2) is 4.98 Å². The number of rotatable bonds is 5. The molecule has 5 rings (SSSR count). The molecule has 0 atom stereocenters. The molecule has 0 bridgehead atoms. The van der Waals surface area contributed by atoms with Crippen LogP contribution in [0.2, 0.25) is 0 Å². The summed E-state index contributed by atoms with van der Waals surface area (Å²) < 4.78 is 0. The number of fused-ring (bicyclic) bond motifs is 3. The van der Waals surface area contributed by atoms with Crippen molar-refractivity contribution in [2.75, 3.05) is 6.54 Å². The van der Waals surface area contributed by atoms with Crippen LogP contribution in [-0.4, -0.2) is 27.4 Å². The molecular weight excluding hydrogens is 300 g/mol. The number of carbonyl (C=O) groups is 1. The van der Waals surface area contributed by atoms with Gasteiger partial charge in [0, 0.05) is 11.9 Å². The standard InChI is InChI=1S/C19H20N4O/c24-18(21-9-11-1-2-11)8-17-22-16-10-20-15-6-5-13(12-3-4-12)7-14(15)19(16)23-17/h5-7,10-12H,1-4,8-9H2,(H,21,24)(H,22,23). The average Bonchev–Trinajstić information content (AvgIpc) is 3.49. The monoisotopic (exact) mass is 320 g/mol. The van der Waals surface area contributed by atoms with Gasteiger partial charge in [-0.1, -0.05) is 6.07 Å². The van der Waals surface area contributed by atoms with E-state index in [0.717, 1.165) is 28.5 Å². The van der Waals surface area contributed by atoms with Gasteiger partial charge in [0.2, 0.25) is 5.91 Å². The first-order chi connectivity index (χ1) is 11.8. The van der Waals surface area contributed by atoms with E-state index in [1.807, 2.05) is 6.20 Å². The predicted molar refractivity (Wildman–Crippen MR) is 92.8 cm³/mol. The largest absolute Gasteiger partial charge is 0.355 e. The third-order valence-corrected chi connectivity index (χ3v) is 5.05. The molecule has 2 aliphatic rings. The fourth-order valence-corrected chi connectivity index (χ4v) is 3.28. The molecule has 24 heavy (non-hydrogen) atoms. The highest BCUT2D eigenvalue weighted by Gasteiger charge is 2.24. The minimum Gasteiger partial charge on any atom is -0.355 e. The third kappa shape index (κ3) is 2.64. The van der Waals surface area contributed by atoms with Crippen LogP contribution >= 0.6 is 0 Å². The Bertz CT molecular complexity index is 937. The number of nitrogens with zero attached hydrogens (tertiary/aromatic N) is 2. The Morgan fingerprint density at radius 3 is 2.92 bits per heavy atom. The van der Waals surface area contributed by atoms with Crippen molar-refractivity contribution in [3.8, 4) is 0 Å². The van der Waals surface area contributed by atoms with E-state index in [0.29, 0.717) is 24.1 Å². The SMILES string of the molecule is O=C(Cc1nc2c(cnc3ccc(C4CC4)cc32)[nH]1)NCC1CC1. The van der Waals surface area contributed by atoms with Crippen LogP contribution in [0.4, 0.5) is 0 Å². The normalized spacial score (nSPS) is 17.5. The molecule has 0 saturated heterocycles. The van der Waals surface area contributed by atoms with Crippen molar-refractivity contribution in [1.82, 2.24) is 20.3 Å². The van der Waals surface area contributed by atoms with Crippen molar-refractivity contribution in [3.63, 3.8) is 0 Å². The van der Waals surface area contributed by atoms with E-state index in [4.69, 9.17) is 0 Å². The number of H-pyrrole nitrogens is 1. The second-order valence-electron chi connectivity index (χ2n) is 7.18. The zero-order valence-corrected chi connectivity index (χ0v) is 13.5. The number of nitrogens with one attached hydrogen (secondary N) is 2. The molecular formula is C19H20N4O. The molecule has 2 aliphatic carbocycles. The van der Waals surface area contributed by atoms with Gasteiger partial charge >= 0.3 is 0 Å². The summed E-state index contributed by atoms with van der Waals surface area (Å²) in [4.78, 5) is 24.5. The molecule has 5 heteroatoms. The summed E-state index contributed by atoms with van der Waals surface area (Å²) >= 11 is 0. The molecule has 122 valence electrons. The Balaban J connectivity index is 1.46. The molecule has 0 spiro atoms. The maximum Gasteiger partial charge on any atom is 0.227 e. The van der Waals surface area contributed by atoms with Crippen molar-refractivity contribution < 1.29 is 4.79 Å². The second kappa shape index (κ2) is 5.30. The van der Waals surface area contributed by atoms with Crippen LogP contribution in [0.3, 0.4) is 0 Å². The first kappa shape index (κ1) is 14.0. The number of benzene rings is 1. The van der Waals surface area contributed by atoms with Gasteiger partial charge in [-0.3, -0.25) is 9.78 Å². The number of hydrogen-bond donors (Lipinski definition) is 2. The van der Waals surface area contributed by atoms with E-state index >= 15 is 0 Å². The molecule has 2 heterocycles. The number of pyridine rings is 1. The highest BCUT2D eigenvalue weighted by Crippen LogP contribution is 2.41. The van der Waals surface area contributed by atoms with Gasteiger partial charge in [-0.05, 0) is 55.2 Å². The maximum absolute atomic E-state index is 12.1. The molecule has 2 N–H and O–H groups in total. The predicted octanol–water partition coefficient (Wildman–Crippen LogP) is 3.06. The van der Waals surface area contributed by atoms with Crippen molar-refractivity contribution in [1.29, 1.82) is 0 Å². The van der Waals surface area contributed by atoms with E-state index in [-0.39, 0.29) is 5.91 Å². The smallest absolute Gasteiger partial charge is 0.227 e. The summed E-state index contributed by atoms with van der Waals surface area (Å²) in [6.07, 6.45) is 7.15. The Morgan fingerprint density at radius 2 is 2.12 bits per heavy atom. The van der Waals surface area contributed by atoms with Crippen LogP contribution in [0.5, 0.6) is 0 Å². The lowest BCUT2D eigenvalue weighted by atomic mass is 10.1. The zero-order chi connectivity index (χ0) is 16.1. The summed E-state index contributed by atoms with van der Waals surface area (Å²) in [5, 5.41) is 4.07. The van der Waals surface area contributed by atoms with Crippen molar-refractivity contribution in [2.24, 2.45) is 5.92 Å². The molecule has 2 fully saturated rings. The van der Waals surface area contributed by atoms with Crippen LogP contribution in [0, 0.1) is 5.92 Å². The Morgan fingerprint density at radius 1 is 1.25 bits per heavy atom. The average molecular weight is 320 g/mol. The molecule has 3 aromatic rings. The van der Waals surface area contributed by atoms with Gasteiger partial charge in [0.25, 0.3) is 0 Å². The fourth-order valence-electron chi connectivity index (χ4n) is 3.28. The summed E-state index contributed by atoms with van der Waals surface area (Å²) in [7, 11) is 0. The van der Waals surface area contributed by atoms with E-state index in [1.165, 1.54) is 31.2 Å². The zero-order valence-electron chi connectivity index (χ0n) is 13.5. The number of hydrogen-bond acceptors (Lipinski definition) is 3. The molecule has 0 unspecified atom stereocenters. The quantitative estimate of drug-likeness (QED) is 0.759. The first-order valence-electron chi connectivity index (χ1n) is 8.80. The molecule has 1 aromatic carbocycles. The van der Waals surface area contributed by atoms with E-state index in [2.05, 4.69) is 38.5 Å². The Kier molecular flexibility index (Phi) is 3.08. The molecule has 2 aromatic heterocycles. The van der Waals surface area contributed by atoms with Gasteiger partial charge in [-0.2, -0.15) is 0 Å². The number of imidazole rings is 1. The topological polar surface area (TPSA) is 70.7 Å². The van der Waals surface area contributed by atoms with Crippen molar-refractivity contribution >= 4 is 27.8 Å². The fraction of sp³-hybridized carbons (Fsp3) is 0.421. The molecule has 5 nitrogen and oxygen atoms in total. The Labute approximate surface area is 139 Å². The molecule has 0 radical (unpaired) electrons. The van der Waals surface area contributed by atoms with Crippen LogP contribution in [0.1, 0.15) is 43.0 Å². The lowest BCUT2D eigenvalue weighted by Crippen LogP contribution is -2.27. The minimum absolute atomic E-state index is 0.0388. The highest BCUT2D eigenvalue weighted by atomic mass is 16.1. The third-order valence-electron chi connectivity index (χ3n) is 5.05. The van der Waals surface area contributed by atoms with Crippen molar-refractivity contribution in [3.05, 3.63) is 35.8 Å². The second-order valence-corrected chi connectivity index (χ2v) is 7.18. The van der Waals surface area contributed by atoms with Gasteiger partial charge in [-0.15, -0.1) is 0 Å². The Hall–Kier alpha value is -2.43. The van der Waals surface area contributed by atoms with Gasteiger partial charge in [0.15, 0.2) is 0 Å². The first-order valence-corrected chi connectivity index (χ1v) is 8.80. The van der Waals surface area contributed by atoms with Crippen LogP contribution < -0.4 is 5.32 Å². The lowest BCUT2D eigenvalue weighted by Gasteiger charge is -2.02. The number of aromatic nitrogens is 3. The summed E-state index contributed by atoms with van der Waals surface area (Å²) in [5.74, 6) is 2.15. The summed E-state index contributed by atoms with van der Waals surface area (Å²) in [6, 6.07) is 6.48. The summed E-state index contributed by atoms with van der Waals surface area (Å²) in [6.45, 7) is 0.800. The van der Waals surface area contributed by atoms with E-state index in [1.54, 1.807) is 0 Å². The van der Waals surface area contributed by atoms with Gasteiger partial charge in [0.05, 0.1) is 29.2 Å².